The number of carbonyl (C=O) groups is 1. The van der Waals surface area contributed by atoms with Crippen molar-refractivity contribution >= 4 is 12.2 Å². The van der Waals surface area contributed by atoms with E-state index in [1.165, 1.54) is 0 Å². The highest BCUT2D eigenvalue weighted by Crippen LogP contribution is 2.18. The molecule has 3 nitrogen and oxygen atoms in total. The molecule has 0 heterocycles. The summed E-state index contributed by atoms with van der Waals surface area (Å²) in [5, 5.41) is 0. The van der Waals surface area contributed by atoms with Crippen LogP contribution in [0.2, 0.25) is 0 Å². The van der Waals surface area contributed by atoms with Crippen LogP contribution in [0, 0.1) is 0 Å². The van der Waals surface area contributed by atoms with Gasteiger partial charge in [-0.15, -0.1) is 0 Å². The molecule has 0 atom stereocenters. The molecule has 0 amide bonds. The Bertz CT molecular complexity index is 278. The Kier molecular flexibility index (Phi) is 3.98. The van der Waals surface area contributed by atoms with Gasteiger partial charge in [-0.3, -0.25) is 4.79 Å². The van der Waals surface area contributed by atoms with E-state index in [9.17, 15) is 4.79 Å². The number of ether oxygens (including phenoxy) is 1. The summed E-state index contributed by atoms with van der Waals surface area (Å²) in [6, 6.07) is 7.49. The van der Waals surface area contributed by atoms with Crippen LogP contribution in [0.1, 0.15) is 13.8 Å². The van der Waals surface area contributed by atoms with Gasteiger partial charge in [0.15, 0.2) is 0 Å². The fraction of sp³-hybridized carbons (Fsp3) is 0.364. The predicted octanol–water partition coefficient (Wildman–Crippen LogP) is 2.07. The molecule has 0 radical (unpaired) electrons. The summed E-state index contributed by atoms with van der Waals surface area (Å²) in [5.41, 5.74) is 1.15. The molecule has 0 unspecified atom stereocenters. The molecule has 3 heteroatoms. The van der Waals surface area contributed by atoms with E-state index in [2.05, 4.69) is 18.7 Å². The van der Waals surface area contributed by atoms with E-state index in [1.807, 2.05) is 12.1 Å². The summed E-state index contributed by atoms with van der Waals surface area (Å²) in [6.07, 6.45) is 0. The number of benzene rings is 1. The lowest BCUT2D eigenvalue weighted by Gasteiger charge is -2.20. The number of rotatable bonds is 5. The second kappa shape index (κ2) is 5.27. The van der Waals surface area contributed by atoms with E-state index >= 15 is 0 Å². The second-order valence-corrected chi connectivity index (χ2v) is 2.88. The average molecular weight is 193 g/mol. The summed E-state index contributed by atoms with van der Waals surface area (Å²) in [5.74, 6) is 0.580. The average Bonchev–Trinajstić information content (AvgIpc) is 2.23. The minimum Gasteiger partial charge on any atom is -0.429 e. The van der Waals surface area contributed by atoms with Gasteiger partial charge in [0, 0.05) is 18.8 Å². The van der Waals surface area contributed by atoms with Gasteiger partial charge >= 0.3 is 0 Å². The first-order chi connectivity index (χ1) is 6.81. The smallest absolute Gasteiger partial charge is 0.298 e. The molecule has 76 valence electrons. The van der Waals surface area contributed by atoms with Crippen LogP contribution in [0.5, 0.6) is 5.75 Å². The summed E-state index contributed by atoms with van der Waals surface area (Å²) in [4.78, 5) is 12.3. The maximum absolute atomic E-state index is 10.1. The molecule has 0 saturated carbocycles. The molecule has 0 saturated heterocycles. The zero-order valence-corrected chi connectivity index (χ0v) is 8.56. The molecule has 0 aromatic heterocycles. The summed E-state index contributed by atoms with van der Waals surface area (Å²) >= 11 is 0. The molecule has 0 N–H and O–H groups in total. The van der Waals surface area contributed by atoms with Gasteiger partial charge in [0.2, 0.25) is 0 Å². The normalized spacial score (nSPS) is 9.57. The van der Waals surface area contributed by atoms with Gasteiger partial charge in [-0.2, -0.15) is 0 Å². The molecular formula is C11H15NO2. The predicted molar refractivity (Wildman–Crippen MR) is 56.7 cm³/mol. The highest BCUT2D eigenvalue weighted by Gasteiger charge is 2.00. The monoisotopic (exact) mass is 193 g/mol. The van der Waals surface area contributed by atoms with Crippen LogP contribution in [0.25, 0.3) is 0 Å². The molecule has 0 fully saturated rings. The third-order valence-electron chi connectivity index (χ3n) is 2.15. The van der Waals surface area contributed by atoms with Crippen molar-refractivity contribution in [1.82, 2.24) is 0 Å². The van der Waals surface area contributed by atoms with Crippen molar-refractivity contribution < 1.29 is 9.53 Å². The Morgan fingerprint density at radius 1 is 1.21 bits per heavy atom. The Labute approximate surface area is 84.3 Å². The fourth-order valence-corrected chi connectivity index (χ4v) is 1.38. The number of nitrogens with zero attached hydrogens (tertiary/aromatic N) is 1. The Morgan fingerprint density at radius 3 is 2.21 bits per heavy atom. The van der Waals surface area contributed by atoms with E-state index in [0.717, 1.165) is 18.8 Å². The van der Waals surface area contributed by atoms with Gasteiger partial charge in [0.05, 0.1) is 0 Å². The third kappa shape index (κ3) is 2.49. The zero-order chi connectivity index (χ0) is 10.4. The van der Waals surface area contributed by atoms with Crippen LogP contribution in [0.3, 0.4) is 0 Å². The molecule has 0 aliphatic heterocycles. The highest BCUT2D eigenvalue weighted by molar-refractivity contribution is 5.52. The van der Waals surface area contributed by atoms with Gasteiger partial charge in [0.25, 0.3) is 6.47 Å². The quantitative estimate of drug-likeness (QED) is 0.670. The highest BCUT2D eigenvalue weighted by atomic mass is 16.5. The number of hydrogen-bond acceptors (Lipinski definition) is 3. The van der Waals surface area contributed by atoms with Gasteiger partial charge in [-0.05, 0) is 38.1 Å². The van der Waals surface area contributed by atoms with Crippen molar-refractivity contribution in [1.29, 1.82) is 0 Å². The maximum atomic E-state index is 10.1. The lowest BCUT2D eigenvalue weighted by Crippen LogP contribution is -2.21. The van der Waals surface area contributed by atoms with Gasteiger partial charge in [-0.1, -0.05) is 0 Å². The summed E-state index contributed by atoms with van der Waals surface area (Å²) < 4.78 is 4.71. The Morgan fingerprint density at radius 2 is 1.79 bits per heavy atom. The van der Waals surface area contributed by atoms with Crippen LogP contribution in [0.15, 0.2) is 24.3 Å². The third-order valence-corrected chi connectivity index (χ3v) is 2.15. The fourth-order valence-electron chi connectivity index (χ4n) is 1.38. The van der Waals surface area contributed by atoms with Crippen LogP contribution >= 0.6 is 0 Å². The standard InChI is InChI=1S/C11H15NO2/c1-3-12(4-2)10-5-7-11(8-6-10)14-9-13/h5-9H,3-4H2,1-2H3. The minimum absolute atomic E-state index is 0.437. The topological polar surface area (TPSA) is 29.5 Å². The van der Waals surface area contributed by atoms with Crippen LogP contribution in [-0.4, -0.2) is 19.6 Å². The first-order valence-corrected chi connectivity index (χ1v) is 4.77. The first-order valence-electron chi connectivity index (χ1n) is 4.77. The lowest BCUT2D eigenvalue weighted by atomic mass is 10.2. The van der Waals surface area contributed by atoms with Crippen molar-refractivity contribution in [3.63, 3.8) is 0 Å². The molecule has 14 heavy (non-hydrogen) atoms. The van der Waals surface area contributed by atoms with E-state index in [-0.39, 0.29) is 0 Å². The number of hydrogen-bond donors (Lipinski definition) is 0. The van der Waals surface area contributed by atoms with E-state index in [0.29, 0.717) is 12.2 Å². The second-order valence-electron chi connectivity index (χ2n) is 2.88. The molecule has 0 bridgehead atoms. The summed E-state index contributed by atoms with van der Waals surface area (Å²) in [6.45, 7) is 6.61. The SMILES string of the molecule is CCN(CC)c1ccc(OC=O)cc1. The van der Waals surface area contributed by atoms with E-state index in [4.69, 9.17) is 4.74 Å². The van der Waals surface area contributed by atoms with E-state index in [1.54, 1.807) is 12.1 Å². The van der Waals surface area contributed by atoms with Gasteiger partial charge in [0.1, 0.15) is 5.75 Å². The molecule has 0 aliphatic rings. The van der Waals surface area contributed by atoms with Crippen molar-refractivity contribution in [2.45, 2.75) is 13.8 Å². The lowest BCUT2D eigenvalue weighted by molar-refractivity contribution is -0.120. The number of carbonyl (C=O) groups excluding carboxylic acids is 1. The number of anilines is 1. The minimum atomic E-state index is 0.437. The largest absolute Gasteiger partial charge is 0.429 e. The van der Waals surface area contributed by atoms with E-state index < -0.39 is 0 Å². The molecule has 0 aliphatic carbocycles. The van der Waals surface area contributed by atoms with Gasteiger partial charge < -0.3 is 9.64 Å². The Hall–Kier alpha value is -1.51. The van der Waals surface area contributed by atoms with Crippen LogP contribution in [-0.2, 0) is 4.79 Å². The van der Waals surface area contributed by atoms with Gasteiger partial charge in [-0.25, -0.2) is 0 Å². The van der Waals surface area contributed by atoms with Crippen molar-refractivity contribution in [3.8, 4) is 5.75 Å². The van der Waals surface area contributed by atoms with Crippen molar-refractivity contribution in [2.75, 3.05) is 18.0 Å². The molecule has 1 aromatic rings. The summed E-state index contributed by atoms with van der Waals surface area (Å²) in [7, 11) is 0. The molecule has 0 spiro atoms. The van der Waals surface area contributed by atoms with Crippen LogP contribution in [0.4, 0.5) is 5.69 Å². The maximum Gasteiger partial charge on any atom is 0.298 e. The molecule has 1 aromatic carbocycles. The Balaban J connectivity index is 2.76. The van der Waals surface area contributed by atoms with Crippen molar-refractivity contribution in [3.05, 3.63) is 24.3 Å². The van der Waals surface area contributed by atoms with Crippen molar-refractivity contribution in [2.24, 2.45) is 0 Å². The van der Waals surface area contributed by atoms with Crippen LogP contribution < -0.4 is 9.64 Å². The zero-order valence-electron chi connectivity index (χ0n) is 8.56. The first kappa shape index (κ1) is 10.6. The molecule has 1 rings (SSSR count). The molecular weight excluding hydrogens is 178 g/mol.